The van der Waals surface area contributed by atoms with Crippen molar-refractivity contribution in [2.45, 2.75) is 53.4 Å². The third kappa shape index (κ3) is 3.66. The first-order valence-corrected chi connectivity index (χ1v) is 7.77. The Morgan fingerprint density at radius 3 is 2.10 bits per heavy atom. The van der Waals surface area contributed by atoms with Gasteiger partial charge < -0.3 is 4.74 Å². The quantitative estimate of drug-likeness (QED) is 0.635. The summed E-state index contributed by atoms with van der Waals surface area (Å²) in [5.41, 5.74) is 4.98. The van der Waals surface area contributed by atoms with Gasteiger partial charge in [0.2, 0.25) is 0 Å². The molecular weight excluding hydrogens is 256 g/mol. The van der Waals surface area contributed by atoms with Gasteiger partial charge in [-0.2, -0.15) is 0 Å². The van der Waals surface area contributed by atoms with Crippen LogP contribution >= 0.6 is 0 Å². The van der Waals surface area contributed by atoms with Crippen molar-refractivity contribution in [2.24, 2.45) is 0 Å². The SMILES string of the molecule is Cc1ccc(C(C)C)c(Oc2cc(C(C)C)ccc2C)c1. The van der Waals surface area contributed by atoms with Gasteiger partial charge in [-0.3, -0.25) is 0 Å². The highest BCUT2D eigenvalue weighted by Gasteiger charge is 2.11. The van der Waals surface area contributed by atoms with E-state index < -0.39 is 0 Å². The Kier molecular flexibility index (Phi) is 4.72. The molecule has 0 spiro atoms. The van der Waals surface area contributed by atoms with E-state index in [1.54, 1.807) is 0 Å². The Balaban J connectivity index is 2.42. The number of ether oxygens (including phenoxy) is 1. The summed E-state index contributed by atoms with van der Waals surface area (Å²) < 4.78 is 6.27. The molecule has 0 atom stereocenters. The topological polar surface area (TPSA) is 9.23 Å². The van der Waals surface area contributed by atoms with Crippen LogP contribution in [-0.4, -0.2) is 0 Å². The minimum atomic E-state index is 0.453. The van der Waals surface area contributed by atoms with E-state index in [1.807, 2.05) is 0 Å². The molecular formula is C20H26O. The summed E-state index contributed by atoms with van der Waals surface area (Å²) >= 11 is 0. The standard InChI is InChI=1S/C20H26O/c1-13(2)17-9-8-16(6)19(12-17)21-20-11-15(5)7-10-18(20)14(3)4/h7-14H,1-6H3. The molecule has 1 nitrogen and oxygen atoms in total. The van der Waals surface area contributed by atoms with Crippen LogP contribution in [0.15, 0.2) is 36.4 Å². The second-order valence-corrected chi connectivity index (χ2v) is 6.48. The molecule has 0 aliphatic heterocycles. The van der Waals surface area contributed by atoms with E-state index in [-0.39, 0.29) is 0 Å². The average Bonchev–Trinajstić information content (AvgIpc) is 2.40. The number of aryl methyl sites for hydroxylation is 2. The molecule has 0 N–H and O–H groups in total. The van der Waals surface area contributed by atoms with Crippen LogP contribution in [0.3, 0.4) is 0 Å². The summed E-state index contributed by atoms with van der Waals surface area (Å²) in [5.74, 6) is 2.91. The number of rotatable bonds is 4. The first-order valence-electron chi connectivity index (χ1n) is 7.77. The summed E-state index contributed by atoms with van der Waals surface area (Å²) in [4.78, 5) is 0. The van der Waals surface area contributed by atoms with Crippen molar-refractivity contribution in [1.82, 2.24) is 0 Å². The van der Waals surface area contributed by atoms with Crippen molar-refractivity contribution in [3.63, 3.8) is 0 Å². The fourth-order valence-electron chi connectivity index (χ4n) is 2.41. The van der Waals surface area contributed by atoms with Gasteiger partial charge in [-0.15, -0.1) is 0 Å². The lowest BCUT2D eigenvalue weighted by atomic mass is 10.00. The van der Waals surface area contributed by atoms with Gasteiger partial charge in [0.15, 0.2) is 0 Å². The van der Waals surface area contributed by atoms with E-state index in [0.29, 0.717) is 11.8 Å². The Morgan fingerprint density at radius 2 is 1.48 bits per heavy atom. The monoisotopic (exact) mass is 282 g/mol. The molecule has 0 radical (unpaired) electrons. The van der Waals surface area contributed by atoms with Crippen molar-refractivity contribution in [2.75, 3.05) is 0 Å². The molecule has 0 unspecified atom stereocenters. The molecule has 0 aromatic heterocycles. The average molecular weight is 282 g/mol. The van der Waals surface area contributed by atoms with E-state index in [1.165, 1.54) is 22.3 Å². The maximum absolute atomic E-state index is 6.27. The molecule has 0 heterocycles. The van der Waals surface area contributed by atoms with Gasteiger partial charge in [0, 0.05) is 0 Å². The maximum atomic E-state index is 6.27. The first kappa shape index (κ1) is 15.6. The Bertz CT molecular complexity index is 624. The minimum Gasteiger partial charge on any atom is -0.457 e. The van der Waals surface area contributed by atoms with E-state index >= 15 is 0 Å². The van der Waals surface area contributed by atoms with Crippen LogP contribution in [0.5, 0.6) is 11.5 Å². The summed E-state index contributed by atoms with van der Waals surface area (Å²) in [6.45, 7) is 13.0. The highest BCUT2D eigenvalue weighted by Crippen LogP contribution is 2.34. The lowest BCUT2D eigenvalue weighted by Gasteiger charge is -2.17. The zero-order valence-corrected chi connectivity index (χ0v) is 14.0. The maximum Gasteiger partial charge on any atom is 0.131 e. The van der Waals surface area contributed by atoms with E-state index in [0.717, 1.165) is 11.5 Å². The van der Waals surface area contributed by atoms with Crippen molar-refractivity contribution < 1.29 is 4.74 Å². The summed E-state index contributed by atoms with van der Waals surface area (Å²) in [6.07, 6.45) is 0. The normalized spacial score (nSPS) is 11.2. The lowest BCUT2D eigenvalue weighted by Crippen LogP contribution is -1.97. The molecule has 21 heavy (non-hydrogen) atoms. The molecule has 0 amide bonds. The lowest BCUT2D eigenvalue weighted by molar-refractivity contribution is 0.468. The molecule has 0 saturated heterocycles. The smallest absolute Gasteiger partial charge is 0.131 e. The Labute approximate surface area is 129 Å². The molecule has 2 aromatic rings. The molecule has 0 aliphatic carbocycles. The van der Waals surface area contributed by atoms with Crippen LogP contribution in [0.4, 0.5) is 0 Å². The van der Waals surface area contributed by atoms with Crippen molar-refractivity contribution in [3.8, 4) is 11.5 Å². The molecule has 112 valence electrons. The van der Waals surface area contributed by atoms with Crippen LogP contribution in [0, 0.1) is 13.8 Å². The van der Waals surface area contributed by atoms with Gasteiger partial charge in [0.25, 0.3) is 0 Å². The predicted octanol–water partition coefficient (Wildman–Crippen LogP) is 6.34. The van der Waals surface area contributed by atoms with Crippen LogP contribution in [0.25, 0.3) is 0 Å². The fourth-order valence-corrected chi connectivity index (χ4v) is 2.41. The zero-order chi connectivity index (χ0) is 15.6. The van der Waals surface area contributed by atoms with Gasteiger partial charge in [0.05, 0.1) is 0 Å². The molecule has 1 heteroatoms. The summed E-state index contributed by atoms with van der Waals surface area (Å²) in [5, 5.41) is 0. The molecule has 0 aliphatic rings. The van der Waals surface area contributed by atoms with Crippen LogP contribution < -0.4 is 4.74 Å². The van der Waals surface area contributed by atoms with Crippen molar-refractivity contribution in [3.05, 3.63) is 58.7 Å². The van der Waals surface area contributed by atoms with Gasteiger partial charge in [0.1, 0.15) is 11.5 Å². The Morgan fingerprint density at radius 1 is 0.762 bits per heavy atom. The Hall–Kier alpha value is -1.76. The summed E-state index contributed by atoms with van der Waals surface area (Å²) in [6, 6.07) is 13.0. The molecule has 2 rings (SSSR count). The number of benzene rings is 2. The summed E-state index contributed by atoms with van der Waals surface area (Å²) in [7, 11) is 0. The second-order valence-electron chi connectivity index (χ2n) is 6.48. The predicted molar refractivity (Wildman–Crippen MR) is 90.6 cm³/mol. The van der Waals surface area contributed by atoms with E-state index in [9.17, 15) is 0 Å². The minimum absolute atomic E-state index is 0.453. The van der Waals surface area contributed by atoms with Crippen molar-refractivity contribution >= 4 is 0 Å². The van der Waals surface area contributed by atoms with Gasteiger partial charge in [-0.25, -0.2) is 0 Å². The highest BCUT2D eigenvalue weighted by molar-refractivity contribution is 5.45. The van der Waals surface area contributed by atoms with E-state index in [4.69, 9.17) is 4.74 Å². The molecule has 0 bridgehead atoms. The number of hydrogen-bond acceptors (Lipinski definition) is 1. The third-order valence-corrected chi connectivity index (χ3v) is 3.89. The third-order valence-electron chi connectivity index (χ3n) is 3.89. The van der Waals surface area contributed by atoms with Gasteiger partial charge in [-0.05, 0) is 60.1 Å². The fraction of sp³-hybridized carbons (Fsp3) is 0.400. The highest BCUT2D eigenvalue weighted by atomic mass is 16.5. The second kappa shape index (κ2) is 6.34. The largest absolute Gasteiger partial charge is 0.457 e. The zero-order valence-electron chi connectivity index (χ0n) is 14.0. The van der Waals surface area contributed by atoms with Crippen LogP contribution in [0.2, 0.25) is 0 Å². The number of hydrogen-bond donors (Lipinski definition) is 0. The van der Waals surface area contributed by atoms with Crippen molar-refractivity contribution in [1.29, 1.82) is 0 Å². The first-order chi connectivity index (χ1) is 9.88. The molecule has 2 aromatic carbocycles. The molecule has 0 fully saturated rings. The van der Waals surface area contributed by atoms with Crippen LogP contribution in [-0.2, 0) is 0 Å². The van der Waals surface area contributed by atoms with E-state index in [2.05, 4.69) is 77.9 Å². The molecule has 0 saturated carbocycles. The van der Waals surface area contributed by atoms with Crippen LogP contribution in [0.1, 0.15) is 61.8 Å². The van der Waals surface area contributed by atoms with Gasteiger partial charge in [-0.1, -0.05) is 52.0 Å². The van der Waals surface area contributed by atoms with Gasteiger partial charge >= 0.3 is 0 Å².